The van der Waals surface area contributed by atoms with E-state index < -0.39 is 12.2 Å². The second kappa shape index (κ2) is 7.90. The zero-order chi connectivity index (χ0) is 19.7. The van der Waals surface area contributed by atoms with Crippen molar-refractivity contribution in [1.82, 2.24) is 14.9 Å². The molecule has 5 heteroatoms. The van der Waals surface area contributed by atoms with Crippen LogP contribution in [0.2, 0.25) is 0 Å². The van der Waals surface area contributed by atoms with Gasteiger partial charge in [0.2, 0.25) is 0 Å². The van der Waals surface area contributed by atoms with Crippen molar-refractivity contribution < 1.29 is 10.2 Å². The summed E-state index contributed by atoms with van der Waals surface area (Å²) in [6.07, 6.45) is 4.64. The molecule has 0 amide bonds. The molecule has 5 nitrogen and oxygen atoms in total. The van der Waals surface area contributed by atoms with Crippen molar-refractivity contribution in [1.29, 1.82) is 0 Å². The lowest BCUT2D eigenvalue weighted by Gasteiger charge is -2.35. The first kappa shape index (κ1) is 19.5. The van der Waals surface area contributed by atoms with E-state index in [1.165, 1.54) is 0 Å². The Hall–Kier alpha value is -1.82. The van der Waals surface area contributed by atoms with Gasteiger partial charge in [-0.3, -0.25) is 0 Å². The van der Waals surface area contributed by atoms with E-state index in [2.05, 4.69) is 23.7 Å². The van der Waals surface area contributed by atoms with E-state index in [0.29, 0.717) is 12.5 Å². The highest BCUT2D eigenvalue weighted by Crippen LogP contribution is 2.40. The molecule has 28 heavy (non-hydrogen) atoms. The minimum atomic E-state index is -0.450. The molecule has 0 bridgehead atoms. The number of aliphatic hydroxyl groups is 2. The average molecular weight is 382 g/mol. The Balaban J connectivity index is 1.38. The second-order valence-corrected chi connectivity index (χ2v) is 9.19. The Kier molecular flexibility index (Phi) is 5.50. The van der Waals surface area contributed by atoms with E-state index in [1.54, 1.807) is 0 Å². The molecule has 0 spiro atoms. The molecule has 1 aromatic heterocycles. The number of benzene rings is 1. The number of rotatable bonds is 4. The molecule has 1 fully saturated rings. The number of piperidine rings is 1. The highest BCUT2D eigenvalue weighted by molar-refractivity contribution is 5.26. The smallest absolute Gasteiger partial charge is 0.131 e. The molecule has 2 N–H and O–H groups in total. The molecular weight excluding hydrogens is 350 g/mol. The van der Waals surface area contributed by atoms with Gasteiger partial charge in [-0.2, -0.15) is 0 Å². The highest BCUT2D eigenvalue weighted by atomic mass is 16.3. The standard InChI is InChI=1S/C23H31N3O2/c1-23(2)12-19-18(20(27)13-23)14-24-22(25-19)17-8-10-26(11-9-17)15-21(28)16-6-4-3-5-7-16/h3-7,14,17,20-21,27-28H,8-13,15H2,1-2H3/t20-,21-/m0/s1. The predicted octanol–water partition coefficient (Wildman–Crippen LogP) is 3.40. The zero-order valence-corrected chi connectivity index (χ0v) is 16.9. The van der Waals surface area contributed by atoms with Crippen molar-refractivity contribution >= 4 is 0 Å². The number of aromatic nitrogens is 2. The number of hydrogen-bond acceptors (Lipinski definition) is 5. The van der Waals surface area contributed by atoms with Gasteiger partial charge in [-0.15, -0.1) is 0 Å². The lowest BCUT2D eigenvalue weighted by Crippen LogP contribution is -2.36. The van der Waals surface area contributed by atoms with E-state index in [4.69, 9.17) is 4.98 Å². The fourth-order valence-corrected chi connectivity index (χ4v) is 4.62. The SMILES string of the molecule is CC1(C)Cc2nc(C3CCN(C[C@H](O)c4ccccc4)CC3)ncc2[C@@H](O)C1. The summed E-state index contributed by atoms with van der Waals surface area (Å²) in [4.78, 5) is 11.8. The molecule has 2 heterocycles. The van der Waals surface area contributed by atoms with Gasteiger partial charge in [0.25, 0.3) is 0 Å². The summed E-state index contributed by atoms with van der Waals surface area (Å²) in [5, 5.41) is 20.9. The molecule has 1 aliphatic heterocycles. The van der Waals surface area contributed by atoms with Gasteiger partial charge in [0.1, 0.15) is 5.82 Å². The molecule has 1 aromatic carbocycles. The van der Waals surface area contributed by atoms with E-state index in [9.17, 15) is 10.2 Å². The minimum absolute atomic E-state index is 0.0784. The van der Waals surface area contributed by atoms with E-state index in [1.807, 2.05) is 36.5 Å². The van der Waals surface area contributed by atoms with Gasteiger partial charge in [-0.1, -0.05) is 44.2 Å². The molecule has 2 atom stereocenters. The Morgan fingerprint density at radius 3 is 2.61 bits per heavy atom. The number of nitrogens with zero attached hydrogens (tertiary/aromatic N) is 3. The molecule has 4 rings (SSSR count). The van der Waals surface area contributed by atoms with Gasteiger partial charge < -0.3 is 15.1 Å². The number of hydrogen-bond donors (Lipinski definition) is 2. The summed E-state index contributed by atoms with van der Waals surface area (Å²) in [5.41, 5.74) is 2.99. The molecule has 0 radical (unpaired) electrons. The van der Waals surface area contributed by atoms with Gasteiger partial charge >= 0.3 is 0 Å². The second-order valence-electron chi connectivity index (χ2n) is 9.19. The third kappa shape index (κ3) is 4.27. The first-order valence-electron chi connectivity index (χ1n) is 10.4. The van der Waals surface area contributed by atoms with Gasteiger partial charge in [0.15, 0.2) is 0 Å². The van der Waals surface area contributed by atoms with E-state index in [-0.39, 0.29) is 5.41 Å². The van der Waals surface area contributed by atoms with Crippen LogP contribution in [0.3, 0.4) is 0 Å². The third-order valence-electron chi connectivity index (χ3n) is 6.24. The fourth-order valence-electron chi connectivity index (χ4n) is 4.62. The van der Waals surface area contributed by atoms with Crippen molar-refractivity contribution in [3.8, 4) is 0 Å². The van der Waals surface area contributed by atoms with Crippen LogP contribution < -0.4 is 0 Å². The minimum Gasteiger partial charge on any atom is -0.388 e. The van der Waals surface area contributed by atoms with Crippen LogP contribution in [-0.4, -0.2) is 44.7 Å². The summed E-state index contributed by atoms with van der Waals surface area (Å²) in [7, 11) is 0. The lowest BCUT2D eigenvalue weighted by molar-refractivity contribution is 0.0946. The van der Waals surface area contributed by atoms with Crippen LogP contribution in [0, 0.1) is 5.41 Å². The molecule has 1 aliphatic carbocycles. The Morgan fingerprint density at radius 2 is 1.89 bits per heavy atom. The van der Waals surface area contributed by atoms with Crippen molar-refractivity contribution in [2.24, 2.45) is 5.41 Å². The van der Waals surface area contributed by atoms with Gasteiger partial charge in [0, 0.05) is 24.2 Å². The quantitative estimate of drug-likeness (QED) is 0.850. The summed E-state index contributed by atoms with van der Waals surface area (Å²) in [5.74, 6) is 1.28. The molecule has 2 aliphatic rings. The van der Waals surface area contributed by atoms with Crippen LogP contribution in [0.4, 0.5) is 0 Å². The van der Waals surface area contributed by atoms with Gasteiger partial charge in [-0.05, 0) is 49.8 Å². The number of fused-ring (bicyclic) bond motifs is 1. The summed E-state index contributed by atoms with van der Waals surface area (Å²) >= 11 is 0. The maximum absolute atomic E-state index is 10.5. The number of likely N-dealkylation sites (tertiary alicyclic amines) is 1. The third-order valence-corrected chi connectivity index (χ3v) is 6.24. The Labute approximate surface area is 167 Å². The highest BCUT2D eigenvalue weighted by Gasteiger charge is 2.33. The zero-order valence-electron chi connectivity index (χ0n) is 16.9. The largest absolute Gasteiger partial charge is 0.388 e. The normalized spacial score (nSPS) is 23.9. The maximum Gasteiger partial charge on any atom is 0.131 e. The number of aliphatic hydroxyl groups excluding tert-OH is 2. The van der Waals surface area contributed by atoms with Crippen LogP contribution in [0.25, 0.3) is 0 Å². The van der Waals surface area contributed by atoms with Crippen LogP contribution in [0.1, 0.15) is 73.9 Å². The van der Waals surface area contributed by atoms with Crippen molar-refractivity contribution in [3.63, 3.8) is 0 Å². The van der Waals surface area contributed by atoms with Gasteiger partial charge in [-0.25, -0.2) is 9.97 Å². The van der Waals surface area contributed by atoms with E-state index in [0.717, 1.165) is 61.4 Å². The van der Waals surface area contributed by atoms with Crippen LogP contribution in [-0.2, 0) is 6.42 Å². The molecule has 0 saturated carbocycles. The first-order chi connectivity index (χ1) is 13.4. The summed E-state index contributed by atoms with van der Waals surface area (Å²) < 4.78 is 0. The van der Waals surface area contributed by atoms with Crippen molar-refractivity contribution in [2.45, 2.75) is 57.7 Å². The summed E-state index contributed by atoms with van der Waals surface area (Å²) in [6, 6.07) is 9.87. The van der Waals surface area contributed by atoms with Crippen LogP contribution in [0.15, 0.2) is 36.5 Å². The summed E-state index contributed by atoms with van der Waals surface area (Å²) in [6.45, 7) is 6.95. The molecule has 0 unspecified atom stereocenters. The molecular formula is C23H31N3O2. The van der Waals surface area contributed by atoms with Crippen LogP contribution >= 0.6 is 0 Å². The topological polar surface area (TPSA) is 69.5 Å². The van der Waals surface area contributed by atoms with E-state index >= 15 is 0 Å². The average Bonchev–Trinajstić information content (AvgIpc) is 2.68. The number of β-amino-alcohol motifs (C(OH)–C–C–N with tert-alkyl or cyclic N) is 1. The molecule has 2 aromatic rings. The maximum atomic E-state index is 10.5. The van der Waals surface area contributed by atoms with Crippen LogP contribution in [0.5, 0.6) is 0 Å². The van der Waals surface area contributed by atoms with Crippen molar-refractivity contribution in [3.05, 3.63) is 59.2 Å². The molecule has 150 valence electrons. The molecule has 1 saturated heterocycles. The Morgan fingerprint density at radius 1 is 1.18 bits per heavy atom. The van der Waals surface area contributed by atoms with Gasteiger partial charge in [0.05, 0.1) is 17.9 Å². The monoisotopic (exact) mass is 381 g/mol. The van der Waals surface area contributed by atoms with Crippen molar-refractivity contribution in [2.75, 3.05) is 19.6 Å². The fraction of sp³-hybridized carbons (Fsp3) is 0.565. The predicted molar refractivity (Wildman–Crippen MR) is 109 cm³/mol. The lowest BCUT2D eigenvalue weighted by atomic mass is 9.75. The first-order valence-corrected chi connectivity index (χ1v) is 10.4. The Bertz CT molecular complexity index is 801.